The first-order chi connectivity index (χ1) is 11.0. The number of nitrogens with one attached hydrogen (secondary N) is 1. The second-order valence-electron chi connectivity index (χ2n) is 6.14. The number of aryl methyl sites for hydroxylation is 1. The van der Waals surface area contributed by atoms with Gasteiger partial charge in [-0.15, -0.1) is 12.4 Å². The molecule has 0 saturated carbocycles. The molecule has 0 aromatic heterocycles. The Labute approximate surface area is 146 Å². The van der Waals surface area contributed by atoms with E-state index in [0.29, 0.717) is 13.1 Å². The summed E-state index contributed by atoms with van der Waals surface area (Å²) in [5.41, 5.74) is 1.88. The summed E-state index contributed by atoms with van der Waals surface area (Å²) >= 11 is 0. The van der Waals surface area contributed by atoms with Crippen molar-refractivity contribution >= 4 is 23.2 Å². The summed E-state index contributed by atoms with van der Waals surface area (Å²) in [6.45, 7) is 4.75. The molecule has 2 aromatic carbocycles. The summed E-state index contributed by atoms with van der Waals surface area (Å²) in [7, 11) is 0. The van der Waals surface area contributed by atoms with Crippen LogP contribution in [0.2, 0.25) is 0 Å². The van der Waals surface area contributed by atoms with Gasteiger partial charge in [0.1, 0.15) is 0 Å². The Morgan fingerprint density at radius 1 is 1.04 bits per heavy atom. The third-order valence-electron chi connectivity index (χ3n) is 4.55. The van der Waals surface area contributed by atoms with Gasteiger partial charge < -0.3 is 5.32 Å². The minimum Gasteiger partial charge on any atom is -0.314 e. The maximum absolute atomic E-state index is 13.2. The van der Waals surface area contributed by atoms with Crippen molar-refractivity contribution in [3.63, 3.8) is 0 Å². The Morgan fingerprint density at radius 2 is 1.67 bits per heavy atom. The zero-order chi connectivity index (χ0) is 16.4. The molecule has 1 saturated heterocycles. The van der Waals surface area contributed by atoms with E-state index in [1.54, 1.807) is 0 Å². The SMILES string of the molecule is Cc1ccc([C@H](CC(F)(F)F)N2CCNCC2)c2ccccc12.Cl. The fourth-order valence-electron chi connectivity index (χ4n) is 3.41. The lowest BCUT2D eigenvalue weighted by Gasteiger charge is -2.36. The average Bonchev–Trinajstić information content (AvgIpc) is 2.54. The highest BCUT2D eigenvalue weighted by Crippen LogP contribution is 2.37. The number of piperazine rings is 1. The number of nitrogens with zero attached hydrogens (tertiary/aromatic N) is 1. The van der Waals surface area contributed by atoms with Crippen LogP contribution in [-0.4, -0.2) is 37.3 Å². The van der Waals surface area contributed by atoms with Crippen LogP contribution in [0.25, 0.3) is 10.8 Å². The van der Waals surface area contributed by atoms with Gasteiger partial charge in [0.15, 0.2) is 0 Å². The summed E-state index contributed by atoms with van der Waals surface area (Å²) in [4.78, 5) is 1.96. The maximum Gasteiger partial charge on any atom is 0.390 e. The van der Waals surface area contributed by atoms with Gasteiger partial charge >= 0.3 is 6.18 Å². The van der Waals surface area contributed by atoms with Crippen molar-refractivity contribution in [3.8, 4) is 0 Å². The lowest BCUT2D eigenvalue weighted by molar-refractivity contribution is -0.148. The van der Waals surface area contributed by atoms with Crippen LogP contribution in [0.4, 0.5) is 13.2 Å². The molecule has 6 heteroatoms. The normalized spacial score (nSPS) is 17.5. The summed E-state index contributed by atoms with van der Waals surface area (Å²) in [6.07, 6.45) is -4.98. The Bertz CT molecular complexity index is 682. The minimum absolute atomic E-state index is 0. The van der Waals surface area contributed by atoms with Crippen LogP contribution in [0.3, 0.4) is 0 Å². The fraction of sp³-hybridized carbons (Fsp3) is 0.444. The number of rotatable bonds is 3. The topological polar surface area (TPSA) is 15.3 Å². The van der Waals surface area contributed by atoms with Gasteiger partial charge in [0.25, 0.3) is 0 Å². The van der Waals surface area contributed by atoms with Crippen LogP contribution < -0.4 is 5.32 Å². The number of alkyl halides is 3. The van der Waals surface area contributed by atoms with Gasteiger partial charge in [0.05, 0.1) is 6.42 Å². The zero-order valence-corrected chi connectivity index (χ0v) is 14.4. The van der Waals surface area contributed by atoms with Gasteiger partial charge in [-0.25, -0.2) is 0 Å². The van der Waals surface area contributed by atoms with Crippen LogP contribution in [0.15, 0.2) is 36.4 Å². The van der Waals surface area contributed by atoms with Crippen molar-refractivity contribution in [3.05, 3.63) is 47.5 Å². The predicted octanol–water partition coefficient (Wildman–Crippen LogP) is 4.47. The van der Waals surface area contributed by atoms with Crippen molar-refractivity contribution in [1.82, 2.24) is 10.2 Å². The minimum atomic E-state index is -4.18. The van der Waals surface area contributed by atoms with Crippen LogP contribution in [0.1, 0.15) is 23.6 Å². The molecule has 0 bridgehead atoms. The maximum atomic E-state index is 13.2. The molecule has 1 heterocycles. The molecule has 24 heavy (non-hydrogen) atoms. The number of halogens is 4. The summed E-state index contributed by atoms with van der Waals surface area (Å²) in [5.74, 6) is 0. The van der Waals surface area contributed by atoms with E-state index >= 15 is 0 Å². The van der Waals surface area contributed by atoms with Crippen molar-refractivity contribution in [2.45, 2.75) is 25.6 Å². The van der Waals surface area contributed by atoms with Crippen LogP contribution in [0, 0.1) is 6.92 Å². The quantitative estimate of drug-likeness (QED) is 0.871. The smallest absolute Gasteiger partial charge is 0.314 e. The Kier molecular flexibility index (Phi) is 6.12. The molecule has 0 unspecified atom stereocenters. The standard InChI is InChI=1S/C18H21F3N2.ClH/c1-13-6-7-16(15-5-3-2-4-14(13)15)17(12-18(19,20)21)23-10-8-22-9-11-23;/h2-7,17,22H,8-12H2,1H3;1H/t17-;/m0./s1. The highest BCUT2D eigenvalue weighted by Gasteiger charge is 2.36. The number of benzene rings is 2. The summed E-state index contributed by atoms with van der Waals surface area (Å²) in [5, 5.41) is 5.17. The molecular weight excluding hydrogens is 337 g/mol. The van der Waals surface area contributed by atoms with E-state index in [9.17, 15) is 13.2 Å². The van der Waals surface area contributed by atoms with Gasteiger partial charge in [-0.3, -0.25) is 4.90 Å². The zero-order valence-electron chi connectivity index (χ0n) is 13.6. The summed E-state index contributed by atoms with van der Waals surface area (Å²) in [6, 6.07) is 10.9. The molecule has 3 rings (SSSR count). The monoisotopic (exact) mass is 358 g/mol. The molecule has 0 spiro atoms. The van der Waals surface area contributed by atoms with E-state index in [1.165, 1.54) is 0 Å². The van der Waals surface area contributed by atoms with Crippen LogP contribution >= 0.6 is 12.4 Å². The molecule has 1 aliphatic rings. The molecule has 0 amide bonds. The molecule has 1 fully saturated rings. The van der Waals surface area contributed by atoms with E-state index in [0.717, 1.165) is 35.0 Å². The highest BCUT2D eigenvalue weighted by atomic mass is 35.5. The van der Waals surface area contributed by atoms with Gasteiger partial charge in [0, 0.05) is 32.2 Å². The van der Waals surface area contributed by atoms with Gasteiger partial charge in [-0.05, 0) is 28.8 Å². The molecule has 1 aliphatic heterocycles. The first-order valence-electron chi connectivity index (χ1n) is 7.95. The number of hydrogen-bond donors (Lipinski definition) is 1. The molecule has 2 nitrogen and oxygen atoms in total. The van der Waals surface area contributed by atoms with Crippen molar-refractivity contribution in [2.24, 2.45) is 0 Å². The second-order valence-corrected chi connectivity index (χ2v) is 6.14. The van der Waals surface area contributed by atoms with E-state index in [1.807, 2.05) is 48.2 Å². The Hall–Kier alpha value is -1.30. The molecule has 0 aliphatic carbocycles. The Morgan fingerprint density at radius 3 is 2.29 bits per heavy atom. The molecule has 2 aromatic rings. The van der Waals surface area contributed by atoms with Gasteiger partial charge in [-0.1, -0.05) is 36.4 Å². The molecule has 0 radical (unpaired) electrons. The average molecular weight is 359 g/mol. The largest absolute Gasteiger partial charge is 0.390 e. The second kappa shape index (κ2) is 7.72. The lowest BCUT2D eigenvalue weighted by Crippen LogP contribution is -2.46. The van der Waals surface area contributed by atoms with Crippen LogP contribution in [-0.2, 0) is 0 Å². The summed E-state index contributed by atoms with van der Waals surface area (Å²) < 4.78 is 39.6. The van der Waals surface area contributed by atoms with Gasteiger partial charge in [-0.2, -0.15) is 13.2 Å². The first-order valence-corrected chi connectivity index (χ1v) is 7.95. The first kappa shape index (κ1) is 19.0. The number of hydrogen-bond acceptors (Lipinski definition) is 2. The third-order valence-corrected chi connectivity index (χ3v) is 4.55. The van der Waals surface area contributed by atoms with Crippen molar-refractivity contribution in [1.29, 1.82) is 0 Å². The Balaban J connectivity index is 0.00000208. The van der Waals surface area contributed by atoms with E-state index < -0.39 is 18.6 Å². The molecule has 132 valence electrons. The number of fused-ring (bicyclic) bond motifs is 1. The molecule has 1 atom stereocenters. The molecular formula is C18H22ClF3N2. The third kappa shape index (κ3) is 4.21. The lowest BCUT2D eigenvalue weighted by atomic mass is 9.93. The highest BCUT2D eigenvalue weighted by molar-refractivity contribution is 5.89. The molecule has 1 N–H and O–H groups in total. The van der Waals surface area contributed by atoms with Gasteiger partial charge in [0.2, 0.25) is 0 Å². The van der Waals surface area contributed by atoms with E-state index in [4.69, 9.17) is 0 Å². The fourth-order valence-corrected chi connectivity index (χ4v) is 3.41. The van der Waals surface area contributed by atoms with Crippen molar-refractivity contribution < 1.29 is 13.2 Å². The van der Waals surface area contributed by atoms with E-state index in [-0.39, 0.29) is 12.4 Å². The van der Waals surface area contributed by atoms with Crippen LogP contribution in [0.5, 0.6) is 0 Å². The van der Waals surface area contributed by atoms with E-state index in [2.05, 4.69) is 5.32 Å². The predicted molar refractivity (Wildman–Crippen MR) is 93.8 cm³/mol. The van der Waals surface area contributed by atoms with Crippen molar-refractivity contribution in [2.75, 3.05) is 26.2 Å².